The van der Waals surface area contributed by atoms with Gasteiger partial charge in [-0.25, -0.2) is 0 Å². The van der Waals surface area contributed by atoms with Gasteiger partial charge in [-0.2, -0.15) is 0 Å². The van der Waals surface area contributed by atoms with Gasteiger partial charge in [0.1, 0.15) is 0 Å². The zero-order valence-electron chi connectivity index (χ0n) is 9.86. The van der Waals surface area contributed by atoms with Gasteiger partial charge in [0.15, 0.2) is 0 Å². The summed E-state index contributed by atoms with van der Waals surface area (Å²) in [5.41, 5.74) is 0.813. The fraction of sp³-hybridized carbons (Fsp3) is 0.385. The van der Waals surface area contributed by atoms with E-state index in [4.69, 9.17) is 11.6 Å². The summed E-state index contributed by atoms with van der Waals surface area (Å²) >= 11 is 7.55. The molecule has 0 unspecified atom stereocenters. The number of hydrogen-bond donors (Lipinski definition) is 0. The molecular formula is C13H13ClN2OS. The molecule has 0 aromatic carbocycles. The van der Waals surface area contributed by atoms with Crippen LogP contribution in [0.2, 0.25) is 5.02 Å². The van der Waals surface area contributed by atoms with Crippen molar-refractivity contribution in [3.63, 3.8) is 0 Å². The maximum absolute atomic E-state index is 12.3. The molecule has 0 aliphatic carbocycles. The van der Waals surface area contributed by atoms with Crippen molar-refractivity contribution in [1.29, 1.82) is 0 Å². The molecule has 1 saturated heterocycles. The minimum atomic E-state index is 0.119. The van der Waals surface area contributed by atoms with Crippen LogP contribution in [0.3, 0.4) is 0 Å². The fourth-order valence-corrected chi connectivity index (χ4v) is 3.52. The Bertz CT molecular complexity index is 590. The molecule has 2 aromatic heterocycles. The van der Waals surface area contributed by atoms with Crippen molar-refractivity contribution in [2.75, 3.05) is 13.1 Å². The van der Waals surface area contributed by atoms with E-state index >= 15 is 0 Å². The predicted octanol–water partition coefficient (Wildman–Crippen LogP) is 3.58. The van der Waals surface area contributed by atoms with Crippen LogP contribution < -0.4 is 0 Å². The number of pyridine rings is 1. The lowest BCUT2D eigenvalue weighted by molar-refractivity contribution is 0.0729. The molecule has 1 amide bonds. The number of halogens is 1. The molecule has 0 radical (unpaired) electrons. The number of nitrogens with zero attached hydrogens (tertiary/aromatic N) is 2. The first kappa shape index (κ1) is 11.9. The molecule has 3 nitrogen and oxygen atoms in total. The van der Waals surface area contributed by atoms with Crippen molar-refractivity contribution >= 4 is 39.1 Å². The van der Waals surface area contributed by atoms with Gasteiger partial charge in [-0.1, -0.05) is 11.6 Å². The van der Waals surface area contributed by atoms with Gasteiger partial charge in [0.2, 0.25) is 0 Å². The first-order chi connectivity index (χ1) is 8.75. The van der Waals surface area contributed by atoms with Crippen LogP contribution in [0.15, 0.2) is 18.3 Å². The maximum atomic E-state index is 12.3. The standard InChI is InChI=1S/C13H13ClN2OS/c14-9-4-5-15-10-8-11(18-12(9)10)13(17)16-6-2-1-3-7-16/h4-5,8H,1-3,6-7H2. The van der Waals surface area contributed by atoms with Crippen LogP contribution in [0.25, 0.3) is 10.2 Å². The SMILES string of the molecule is O=C(c1cc2nccc(Cl)c2s1)N1CCCCC1. The zero-order valence-corrected chi connectivity index (χ0v) is 11.4. The van der Waals surface area contributed by atoms with Gasteiger partial charge < -0.3 is 4.90 Å². The van der Waals surface area contributed by atoms with E-state index in [1.54, 1.807) is 12.3 Å². The quantitative estimate of drug-likeness (QED) is 0.800. The summed E-state index contributed by atoms with van der Waals surface area (Å²) < 4.78 is 0.902. The van der Waals surface area contributed by atoms with Gasteiger partial charge in [-0.3, -0.25) is 9.78 Å². The van der Waals surface area contributed by atoms with Crippen LogP contribution in [0.1, 0.15) is 28.9 Å². The summed E-state index contributed by atoms with van der Waals surface area (Å²) in [4.78, 5) is 19.3. The number of carbonyl (C=O) groups is 1. The molecule has 3 heterocycles. The lowest BCUT2D eigenvalue weighted by Gasteiger charge is -2.26. The Morgan fingerprint density at radius 2 is 2.11 bits per heavy atom. The van der Waals surface area contributed by atoms with Gasteiger partial charge >= 0.3 is 0 Å². The number of carbonyl (C=O) groups excluding carboxylic acids is 1. The second kappa shape index (κ2) is 4.86. The second-order valence-electron chi connectivity index (χ2n) is 4.47. The first-order valence-electron chi connectivity index (χ1n) is 6.09. The Labute approximate surface area is 114 Å². The number of hydrogen-bond acceptors (Lipinski definition) is 3. The number of aromatic nitrogens is 1. The molecule has 0 spiro atoms. The third-order valence-electron chi connectivity index (χ3n) is 3.22. The summed E-state index contributed by atoms with van der Waals surface area (Å²) in [5, 5.41) is 0.669. The Hall–Kier alpha value is -1.13. The number of likely N-dealkylation sites (tertiary alicyclic amines) is 1. The summed E-state index contributed by atoms with van der Waals surface area (Å²) in [6.45, 7) is 1.74. The van der Waals surface area contributed by atoms with E-state index in [0.717, 1.165) is 41.0 Å². The monoisotopic (exact) mass is 280 g/mol. The number of thiophene rings is 1. The van der Waals surface area contributed by atoms with Crippen LogP contribution in [-0.4, -0.2) is 28.9 Å². The second-order valence-corrected chi connectivity index (χ2v) is 5.93. The maximum Gasteiger partial charge on any atom is 0.264 e. The zero-order chi connectivity index (χ0) is 12.5. The molecule has 0 N–H and O–H groups in total. The lowest BCUT2D eigenvalue weighted by atomic mass is 10.1. The van der Waals surface area contributed by atoms with Crippen molar-refractivity contribution in [3.05, 3.63) is 28.2 Å². The average molecular weight is 281 g/mol. The summed E-state index contributed by atoms with van der Waals surface area (Å²) in [6.07, 6.45) is 5.11. The predicted molar refractivity (Wildman–Crippen MR) is 74.4 cm³/mol. The summed E-state index contributed by atoms with van der Waals surface area (Å²) in [7, 11) is 0. The largest absolute Gasteiger partial charge is 0.338 e. The molecule has 18 heavy (non-hydrogen) atoms. The number of piperidine rings is 1. The van der Waals surface area contributed by atoms with Crippen LogP contribution in [0.5, 0.6) is 0 Å². The van der Waals surface area contributed by atoms with Crippen LogP contribution in [0, 0.1) is 0 Å². The van der Waals surface area contributed by atoms with E-state index in [1.807, 2.05) is 11.0 Å². The molecule has 3 rings (SSSR count). The van der Waals surface area contributed by atoms with Crippen molar-refractivity contribution in [1.82, 2.24) is 9.88 Å². The van der Waals surface area contributed by atoms with Gasteiger partial charge in [0.05, 0.1) is 20.1 Å². The van der Waals surface area contributed by atoms with Gasteiger partial charge in [-0.15, -0.1) is 11.3 Å². The third kappa shape index (κ3) is 2.10. The van der Waals surface area contributed by atoms with Crippen LogP contribution in [0.4, 0.5) is 0 Å². The third-order valence-corrected chi connectivity index (χ3v) is 4.79. The highest BCUT2D eigenvalue weighted by atomic mass is 35.5. The summed E-state index contributed by atoms with van der Waals surface area (Å²) in [5.74, 6) is 0.119. The van der Waals surface area contributed by atoms with Crippen molar-refractivity contribution in [2.45, 2.75) is 19.3 Å². The molecular weight excluding hydrogens is 268 g/mol. The van der Waals surface area contributed by atoms with Gasteiger partial charge in [-0.05, 0) is 31.4 Å². The van der Waals surface area contributed by atoms with Gasteiger partial charge in [0, 0.05) is 19.3 Å². The van der Waals surface area contributed by atoms with E-state index in [0.29, 0.717) is 5.02 Å². The highest BCUT2D eigenvalue weighted by molar-refractivity contribution is 7.21. The topological polar surface area (TPSA) is 33.2 Å². The van der Waals surface area contributed by atoms with Crippen molar-refractivity contribution in [2.24, 2.45) is 0 Å². The fourth-order valence-electron chi connectivity index (χ4n) is 2.27. The molecule has 1 aliphatic rings. The molecule has 0 atom stereocenters. The molecule has 5 heteroatoms. The highest BCUT2D eigenvalue weighted by Crippen LogP contribution is 2.31. The van der Waals surface area contributed by atoms with E-state index in [-0.39, 0.29) is 5.91 Å². The van der Waals surface area contributed by atoms with Crippen LogP contribution in [-0.2, 0) is 0 Å². The number of rotatable bonds is 1. The Morgan fingerprint density at radius 1 is 1.33 bits per heavy atom. The first-order valence-corrected chi connectivity index (χ1v) is 7.28. The van der Waals surface area contributed by atoms with Gasteiger partial charge in [0.25, 0.3) is 5.91 Å². The number of amides is 1. The molecule has 94 valence electrons. The molecule has 1 aliphatic heterocycles. The molecule has 2 aromatic rings. The minimum Gasteiger partial charge on any atom is -0.338 e. The van der Waals surface area contributed by atoms with E-state index in [2.05, 4.69) is 4.98 Å². The normalized spacial score (nSPS) is 16.2. The average Bonchev–Trinajstić information content (AvgIpc) is 2.84. The molecule has 1 fully saturated rings. The Balaban J connectivity index is 1.94. The highest BCUT2D eigenvalue weighted by Gasteiger charge is 2.20. The summed E-state index contributed by atoms with van der Waals surface area (Å²) in [6, 6.07) is 3.61. The van der Waals surface area contributed by atoms with Crippen LogP contribution >= 0.6 is 22.9 Å². The molecule has 0 saturated carbocycles. The van der Waals surface area contributed by atoms with E-state index in [1.165, 1.54) is 17.8 Å². The lowest BCUT2D eigenvalue weighted by Crippen LogP contribution is -2.35. The minimum absolute atomic E-state index is 0.119. The van der Waals surface area contributed by atoms with E-state index < -0.39 is 0 Å². The van der Waals surface area contributed by atoms with Crippen molar-refractivity contribution < 1.29 is 4.79 Å². The number of fused-ring (bicyclic) bond motifs is 1. The van der Waals surface area contributed by atoms with Crippen molar-refractivity contribution in [3.8, 4) is 0 Å². The Morgan fingerprint density at radius 3 is 2.83 bits per heavy atom. The molecule has 0 bridgehead atoms. The Kier molecular flexibility index (Phi) is 3.22. The van der Waals surface area contributed by atoms with E-state index in [9.17, 15) is 4.79 Å². The smallest absolute Gasteiger partial charge is 0.264 e.